The second-order valence-corrected chi connectivity index (χ2v) is 13.6. The van der Waals surface area contributed by atoms with E-state index in [1.54, 1.807) is 61.5 Å². The smallest absolute Gasteiger partial charge is 0.264 e. The molecule has 0 radical (unpaired) electrons. The molecule has 11 heteroatoms. The third-order valence-corrected chi connectivity index (χ3v) is 8.86. The number of carbonyl (C=O) groups is 2. The van der Waals surface area contributed by atoms with Crippen molar-refractivity contribution in [1.29, 1.82) is 0 Å². The fourth-order valence-corrected chi connectivity index (χ4v) is 6.20. The first kappa shape index (κ1) is 33.2. The van der Waals surface area contributed by atoms with Gasteiger partial charge in [0.15, 0.2) is 0 Å². The molecule has 3 rings (SSSR count). The summed E-state index contributed by atoms with van der Waals surface area (Å²) in [4.78, 5) is 29.0. The van der Waals surface area contributed by atoms with Crippen molar-refractivity contribution in [3.8, 4) is 5.75 Å². The fourth-order valence-electron chi connectivity index (χ4n) is 4.32. The highest BCUT2D eigenvalue weighted by Gasteiger charge is 2.35. The summed E-state index contributed by atoms with van der Waals surface area (Å²) in [5.41, 5.74) is 1.17. The first-order valence-corrected chi connectivity index (χ1v) is 15.6. The van der Waals surface area contributed by atoms with Crippen LogP contribution in [0.5, 0.6) is 5.75 Å². The summed E-state index contributed by atoms with van der Waals surface area (Å²) in [6.07, 6.45) is 0.284. The number of nitrogens with zero attached hydrogens (tertiary/aromatic N) is 2. The van der Waals surface area contributed by atoms with Crippen LogP contribution in [0.1, 0.15) is 45.2 Å². The van der Waals surface area contributed by atoms with Crippen LogP contribution in [0.2, 0.25) is 10.0 Å². The molecule has 42 heavy (non-hydrogen) atoms. The highest BCUT2D eigenvalue weighted by Crippen LogP contribution is 2.28. The molecule has 0 aliphatic heterocycles. The van der Waals surface area contributed by atoms with E-state index < -0.39 is 34.1 Å². The van der Waals surface area contributed by atoms with E-state index in [1.807, 2.05) is 27.7 Å². The number of methoxy groups -OCH3 is 1. The first-order chi connectivity index (χ1) is 19.7. The predicted molar refractivity (Wildman–Crippen MR) is 168 cm³/mol. The van der Waals surface area contributed by atoms with Crippen molar-refractivity contribution < 1.29 is 22.7 Å². The number of amides is 2. The molecule has 0 aliphatic rings. The third kappa shape index (κ3) is 8.40. The molecule has 2 amide bonds. The van der Waals surface area contributed by atoms with E-state index in [4.69, 9.17) is 27.9 Å². The van der Waals surface area contributed by atoms with Gasteiger partial charge < -0.3 is 15.0 Å². The lowest BCUT2D eigenvalue weighted by molar-refractivity contribution is -0.141. The topological polar surface area (TPSA) is 96.0 Å². The predicted octanol–water partition coefficient (Wildman–Crippen LogP) is 6.23. The molecule has 1 atom stereocenters. The highest BCUT2D eigenvalue weighted by molar-refractivity contribution is 7.92. The zero-order chi connectivity index (χ0) is 31.2. The van der Waals surface area contributed by atoms with Crippen molar-refractivity contribution in [3.63, 3.8) is 0 Å². The van der Waals surface area contributed by atoms with E-state index in [2.05, 4.69) is 5.32 Å². The van der Waals surface area contributed by atoms with Gasteiger partial charge in [-0.3, -0.25) is 13.9 Å². The molecular weight excluding hydrogens is 597 g/mol. The molecule has 1 unspecified atom stereocenters. The second-order valence-electron chi connectivity index (χ2n) is 10.9. The molecule has 0 saturated heterocycles. The fraction of sp³-hybridized carbons (Fsp3) is 0.355. The van der Waals surface area contributed by atoms with Crippen LogP contribution in [-0.2, 0) is 26.2 Å². The number of sulfonamides is 1. The third-order valence-electron chi connectivity index (χ3n) is 6.49. The van der Waals surface area contributed by atoms with Crippen LogP contribution in [0, 0.1) is 6.92 Å². The van der Waals surface area contributed by atoms with Gasteiger partial charge in [0.1, 0.15) is 18.3 Å². The average molecular weight is 635 g/mol. The van der Waals surface area contributed by atoms with Gasteiger partial charge >= 0.3 is 0 Å². The Morgan fingerprint density at radius 2 is 1.60 bits per heavy atom. The number of anilines is 1. The minimum atomic E-state index is -4.19. The van der Waals surface area contributed by atoms with E-state index in [0.29, 0.717) is 21.4 Å². The molecule has 0 bridgehead atoms. The maximum Gasteiger partial charge on any atom is 0.264 e. The Morgan fingerprint density at radius 3 is 2.12 bits per heavy atom. The Kier molecular flexibility index (Phi) is 10.9. The summed E-state index contributed by atoms with van der Waals surface area (Å²) in [6, 6.07) is 16.8. The maximum atomic E-state index is 14.2. The van der Waals surface area contributed by atoms with Crippen molar-refractivity contribution in [1.82, 2.24) is 10.2 Å². The van der Waals surface area contributed by atoms with E-state index in [-0.39, 0.29) is 29.5 Å². The summed E-state index contributed by atoms with van der Waals surface area (Å²) in [7, 11) is -2.68. The monoisotopic (exact) mass is 633 g/mol. The Hall–Kier alpha value is -3.27. The average Bonchev–Trinajstić information content (AvgIpc) is 2.92. The van der Waals surface area contributed by atoms with Gasteiger partial charge in [-0.2, -0.15) is 0 Å². The number of halogens is 2. The molecule has 3 aromatic carbocycles. The molecule has 1 N–H and O–H groups in total. The van der Waals surface area contributed by atoms with Crippen molar-refractivity contribution in [2.45, 2.75) is 64.1 Å². The Bertz CT molecular complexity index is 1510. The van der Waals surface area contributed by atoms with Gasteiger partial charge in [0.2, 0.25) is 11.8 Å². The molecule has 0 saturated carbocycles. The lowest BCUT2D eigenvalue weighted by Gasteiger charge is -2.35. The number of hydrogen-bond donors (Lipinski definition) is 1. The second kappa shape index (κ2) is 13.8. The van der Waals surface area contributed by atoms with Crippen LogP contribution in [0.3, 0.4) is 0 Å². The van der Waals surface area contributed by atoms with Crippen LogP contribution in [0.25, 0.3) is 0 Å². The van der Waals surface area contributed by atoms with Crippen LogP contribution in [0.15, 0.2) is 71.6 Å². The number of carbonyl (C=O) groups excluding carboxylic acids is 2. The van der Waals surface area contributed by atoms with E-state index in [0.717, 1.165) is 9.87 Å². The summed E-state index contributed by atoms with van der Waals surface area (Å²) < 4.78 is 34.2. The zero-order valence-corrected chi connectivity index (χ0v) is 27.0. The molecule has 0 fully saturated rings. The standard InChI is InChI=1S/C31H37Cl2N3O5S/c1-7-28(30(38)34-31(3,4)5)35(19-22-10-11-23(32)18-27(22)33)29(37)20-36(24-12-14-25(41-6)15-13-24)42(39,40)26-16-8-21(2)9-17-26/h8-18,28H,7,19-20H2,1-6H3,(H,34,38). The van der Waals surface area contributed by atoms with Crippen molar-refractivity contribution >= 4 is 50.7 Å². The van der Waals surface area contributed by atoms with E-state index in [1.165, 1.54) is 24.1 Å². The van der Waals surface area contributed by atoms with Crippen LogP contribution >= 0.6 is 23.2 Å². The van der Waals surface area contributed by atoms with E-state index >= 15 is 0 Å². The first-order valence-electron chi connectivity index (χ1n) is 13.4. The summed E-state index contributed by atoms with van der Waals surface area (Å²) in [5, 5.41) is 3.69. The normalized spacial score (nSPS) is 12.4. The molecule has 8 nitrogen and oxygen atoms in total. The van der Waals surface area contributed by atoms with Gasteiger partial charge in [0.05, 0.1) is 17.7 Å². The van der Waals surface area contributed by atoms with Crippen molar-refractivity contribution in [3.05, 3.63) is 87.9 Å². The largest absolute Gasteiger partial charge is 0.497 e. The van der Waals surface area contributed by atoms with Gasteiger partial charge in [-0.15, -0.1) is 0 Å². The van der Waals surface area contributed by atoms with Gasteiger partial charge in [-0.25, -0.2) is 8.42 Å². The molecule has 3 aromatic rings. The molecule has 226 valence electrons. The molecule has 0 aromatic heterocycles. The summed E-state index contributed by atoms with van der Waals surface area (Å²) in [5.74, 6) is -0.411. The number of benzene rings is 3. The number of hydrogen-bond acceptors (Lipinski definition) is 5. The van der Waals surface area contributed by atoms with Gasteiger partial charge in [-0.1, -0.05) is 53.9 Å². The molecular formula is C31H37Cl2N3O5S. The minimum absolute atomic E-state index is 0.0292. The van der Waals surface area contributed by atoms with E-state index in [9.17, 15) is 18.0 Å². The van der Waals surface area contributed by atoms with Crippen LogP contribution < -0.4 is 14.4 Å². The van der Waals surface area contributed by atoms with Gasteiger partial charge in [0, 0.05) is 22.1 Å². The Balaban J connectivity index is 2.10. The molecule has 0 spiro atoms. The van der Waals surface area contributed by atoms with Crippen LogP contribution in [0.4, 0.5) is 5.69 Å². The number of aryl methyl sites for hydroxylation is 1. The minimum Gasteiger partial charge on any atom is -0.497 e. The Labute approximate surface area is 258 Å². The summed E-state index contributed by atoms with van der Waals surface area (Å²) in [6.45, 7) is 8.59. The lowest BCUT2D eigenvalue weighted by Crippen LogP contribution is -2.55. The summed E-state index contributed by atoms with van der Waals surface area (Å²) >= 11 is 12.6. The van der Waals surface area contributed by atoms with Crippen LogP contribution in [-0.4, -0.2) is 50.4 Å². The van der Waals surface area contributed by atoms with Crippen molar-refractivity contribution in [2.24, 2.45) is 0 Å². The zero-order valence-electron chi connectivity index (χ0n) is 24.6. The van der Waals surface area contributed by atoms with Gasteiger partial charge in [-0.05, 0) is 88.2 Å². The lowest BCUT2D eigenvalue weighted by atomic mass is 10.1. The van der Waals surface area contributed by atoms with Crippen molar-refractivity contribution in [2.75, 3.05) is 18.0 Å². The quantitative estimate of drug-likeness (QED) is 0.270. The number of rotatable bonds is 11. The highest BCUT2D eigenvalue weighted by atomic mass is 35.5. The number of ether oxygens (including phenoxy) is 1. The molecule has 0 aliphatic carbocycles. The Morgan fingerprint density at radius 1 is 0.976 bits per heavy atom. The number of nitrogens with one attached hydrogen (secondary N) is 1. The SMILES string of the molecule is CCC(C(=O)NC(C)(C)C)N(Cc1ccc(Cl)cc1Cl)C(=O)CN(c1ccc(OC)cc1)S(=O)(=O)c1ccc(C)cc1. The van der Waals surface area contributed by atoms with Gasteiger partial charge in [0.25, 0.3) is 10.0 Å². The maximum absolute atomic E-state index is 14.2. The molecule has 0 heterocycles.